The topological polar surface area (TPSA) is 42.0 Å². The number of halogens is 1. The fourth-order valence-electron chi connectivity index (χ4n) is 4.00. The Balaban J connectivity index is 1.64. The number of methoxy groups -OCH3 is 1. The smallest absolute Gasteiger partial charge is 0.257 e. The van der Waals surface area contributed by atoms with Crippen molar-refractivity contribution in [1.82, 2.24) is 9.80 Å². The van der Waals surface area contributed by atoms with Gasteiger partial charge in [-0.05, 0) is 57.2 Å². The summed E-state index contributed by atoms with van der Waals surface area (Å²) in [5.41, 5.74) is 0.636. The van der Waals surface area contributed by atoms with Crippen molar-refractivity contribution in [1.29, 1.82) is 0 Å². The molecule has 27 heavy (non-hydrogen) atoms. The maximum absolute atomic E-state index is 13.0. The van der Waals surface area contributed by atoms with Crippen molar-refractivity contribution in [3.05, 3.63) is 28.8 Å². The number of carbonyl (C=O) groups excluding carboxylic acids is 1. The van der Waals surface area contributed by atoms with Crippen molar-refractivity contribution < 1.29 is 14.3 Å². The third kappa shape index (κ3) is 5.37. The lowest BCUT2D eigenvalue weighted by molar-refractivity contribution is 0.0465. The number of ether oxygens (including phenoxy) is 2. The van der Waals surface area contributed by atoms with E-state index in [-0.39, 0.29) is 12.0 Å². The number of likely N-dealkylation sites (tertiary alicyclic amines) is 2. The Labute approximate surface area is 167 Å². The maximum atomic E-state index is 13.0. The molecule has 0 bridgehead atoms. The summed E-state index contributed by atoms with van der Waals surface area (Å²) in [4.78, 5) is 17.3. The first-order chi connectivity index (χ1) is 13.1. The van der Waals surface area contributed by atoms with Gasteiger partial charge in [0.15, 0.2) is 0 Å². The summed E-state index contributed by atoms with van der Waals surface area (Å²) < 4.78 is 11.5. The molecule has 6 heteroatoms. The fourth-order valence-corrected chi connectivity index (χ4v) is 4.16. The predicted octanol–water partition coefficient (Wildman–Crippen LogP) is 3.84. The minimum atomic E-state index is 0.0625. The Morgan fingerprint density at radius 3 is 2.56 bits per heavy atom. The zero-order valence-electron chi connectivity index (χ0n) is 16.5. The molecular formula is C21H31ClN2O3. The van der Waals surface area contributed by atoms with Crippen LogP contribution in [0.2, 0.25) is 5.02 Å². The molecule has 0 aliphatic carbocycles. The second kappa shape index (κ2) is 9.76. The van der Waals surface area contributed by atoms with Crippen LogP contribution in [0.15, 0.2) is 18.2 Å². The predicted molar refractivity (Wildman–Crippen MR) is 108 cm³/mol. The third-order valence-corrected chi connectivity index (χ3v) is 5.85. The van der Waals surface area contributed by atoms with E-state index in [0.29, 0.717) is 22.4 Å². The molecule has 5 nitrogen and oxygen atoms in total. The molecule has 1 aromatic rings. The SMILES string of the molecule is COCC(C)N1CCC(Oc2cc(Cl)ccc2C(=O)N2CCCCC2)CC1. The van der Waals surface area contributed by atoms with E-state index in [1.165, 1.54) is 6.42 Å². The van der Waals surface area contributed by atoms with Crippen molar-refractivity contribution in [3.8, 4) is 5.75 Å². The van der Waals surface area contributed by atoms with Gasteiger partial charge in [-0.15, -0.1) is 0 Å². The number of hydrogen-bond donors (Lipinski definition) is 0. The number of carbonyl (C=O) groups is 1. The van der Waals surface area contributed by atoms with Crippen LogP contribution >= 0.6 is 11.6 Å². The molecule has 150 valence electrons. The Hall–Kier alpha value is -1.30. The molecule has 0 spiro atoms. The lowest BCUT2D eigenvalue weighted by Gasteiger charge is -2.36. The Morgan fingerprint density at radius 1 is 1.19 bits per heavy atom. The first-order valence-corrected chi connectivity index (χ1v) is 10.4. The van der Waals surface area contributed by atoms with Gasteiger partial charge in [0.25, 0.3) is 5.91 Å². The Morgan fingerprint density at radius 2 is 1.89 bits per heavy atom. The molecule has 0 saturated carbocycles. The van der Waals surface area contributed by atoms with Crippen LogP contribution in [0.3, 0.4) is 0 Å². The van der Waals surface area contributed by atoms with E-state index in [0.717, 1.165) is 58.5 Å². The molecule has 0 aromatic heterocycles. The average molecular weight is 395 g/mol. The van der Waals surface area contributed by atoms with E-state index in [9.17, 15) is 4.79 Å². The number of piperidine rings is 2. The molecule has 2 aliphatic rings. The molecule has 2 fully saturated rings. The zero-order valence-corrected chi connectivity index (χ0v) is 17.2. The monoisotopic (exact) mass is 394 g/mol. The minimum absolute atomic E-state index is 0.0625. The van der Waals surface area contributed by atoms with Gasteiger partial charge in [0.05, 0.1) is 12.2 Å². The van der Waals surface area contributed by atoms with Crippen molar-refractivity contribution in [2.45, 2.75) is 51.2 Å². The summed E-state index contributed by atoms with van der Waals surface area (Å²) in [5.74, 6) is 0.689. The third-order valence-electron chi connectivity index (χ3n) is 5.62. The second-order valence-electron chi connectivity index (χ2n) is 7.65. The van der Waals surface area contributed by atoms with Gasteiger partial charge in [-0.3, -0.25) is 9.69 Å². The van der Waals surface area contributed by atoms with Crippen molar-refractivity contribution in [3.63, 3.8) is 0 Å². The number of rotatable bonds is 6. The van der Waals surface area contributed by atoms with Gasteiger partial charge < -0.3 is 14.4 Å². The summed E-state index contributed by atoms with van der Waals surface area (Å²) in [5, 5.41) is 0.603. The lowest BCUT2D eigenvalue weighted by Crippen LogP contribution is -2.44. The van der Waals surface area contributed by atoms with Gasteiger partial charge in [0.2, 0.25) is 0 Å². The second-order valence-corrected chi connectivity index (χ2v) is 8.09. The number of benzene rings is 1. The van der Waals surface area contributed by atoms with E-state index >= 15 is 0 Å². The summed E-state index contributed by atoms with van der Waals surface area (Å²) in [6, 6.07) is 5.79. The van der Waals surface area contributed by atoms with Crippen LogP contribution in [0.1, 0.15) is 49.4 Å². The Kier molecular flexibility index (Phi) is 7.39. The van der Waals surface area contributed by atoms with Crippen LogP contribution in [-0.4, -0.2) is 67.7 Å². The average Bonchev–Trinajstić information content (AvgIpc) is 2.69. The molecule has 2 heterocycles. The molecule has 1 atom stereocenters. The van der Waals surface area contributed by atoms with Gasteiger partial charge >= 0.3 is 0 Å². The molecule has 3 rings (SSSR count). The molecule has 0 radical (unpaired) electrons. The summed E-state index contributed by atoms with van der Waals surface area (Å²) in [7, 11) is 1.74. The van der Waals surface area contributed by atoms with Crippen LogP contribution in [0.4, 0.5) is 0 Å². The minimum Gasteiger partial charge on any atom is -0.489 e. The quantitative estimate of drug-likeness (QED) is 0.735. The first-order valence-electron chi connectivity index (χ1n) is 10.1. The maximum Gasteiger partial charge on any atom is 0.257 e. The number of amides is 1. The summed E-state index contributed by atoms with van der Waals surface area (Å²) >= 11 is 6.20. The lowest BCUT2D eigenvalue weighted by atomic mass is 10.1. The van der Waals surface area contributed by atoms with Gasteiger partial charge in [0, 0.05) is 44.4 Å². The van der Waals surface area contributed by atoms with Crippen molar-refractivity contribution in [2.24, 2.45) is 0 Å². The highest BCUT2D eigenvalue weighted by Gasteiger charge is 2.26. The molecule has 2 saturated heterocycles. The van der Waals surface area contributed by atoms with Gasteiger partial charge in [-0.1, -0.05) is 11.6 Å². The standard InChI is InChI=1S/C21H31ClN2O3/c1-16(15-26-2)23-12-8-18(9-13-23)27-20-14-17(22)6-7-19(20)21(25)24-10-4-3-5-11-24/h6-7,14,16,18H,3-5,8-13,15H2,1-2H3. The molecule has 1 unspecified atom stereocenters. The number of hydrogen-bond acceptors (Lipinski definition) is 4. The highest BCUT2D eigenvalue weighted by atomic mass is 35.5. The molecule has 0 N–H and O–H groups in total. The van der Waals surface area contributed by atoms with Crippen LogP contribution in [-0.2, 0) is 4.74 Å². The molecular weight excluding hydrogens is 364 g/mol. The highest BCUT2D eigenvalue weighted by molar-refractivity contribution is 6.30. The Bertz CT molecular complexity index is 626. The summed E-state index contributed by atoms with van der Waals surface area (Å²) in [6.45, 7) is 6.55. The fraction of sp³-hybridized carbons (Fsp3) is 0.667. The highest BCUT2D eigenvalue weighted by Crippen LogP contribution is 2.29. The van der Waals surface area contributed by atoms with Crippen LogP contribution < -0.4 is 4.74 Å². The van der Waals surface area contributed by atoms with E-state index in [1.807, 2.05) is 11.0 Å². The van der Waals surface area contributed by atoms with Gasteiger partial charge in [-0.25, -0.2) is 0 Å². The van der Waals surface area contributed by atoms with Gasteiger partial charge in [-0.2, -0.15) is 0 Å². The summed E-state index contributed by atoms with van der Waals surface area (Å²) in [6.07, 6.45) is 5.35. The van der Waals surface area contributed by atoms with E-state index in [2.05, 4.69) is 11.8 Å². The van der Waals surface area contributed by atoms with Gasteiger partial charge in [0.1, 0.15) is 11.9 Å². The molecule has 2 aliphatic heterocycles. The molecule has 1 amide bonds. The van der Waals surface area contributed by atoms with E-state index in [1.54, 1.807) is 19.2 Å². The van der Waals surface area contributed by atoms with Crippen LogP contribution in [0, 0.1) is 0 Å². The first kappa shape index (κ1) is 20.4. The molecule has 1 aromatic carbocycles. The van der Waals surface area contributed by atoms with Crippen molar-refractivity contribution in [2.75, 3.05) is 39.9 Å². The largest absolute Gasteiger partial charge is 0.489 e. The van der Waals surface area contributed by atoms with Crippen LogP contribution in [0.5, 0.6) is 5.75 Å². The number of nitrogens with zero attached hydrogens (tertiary/aromatic N) is 2. The van der Waals surface area contributed by atoms with E-state index < -0.39 is 0 Å². The zero-order chi connectivity index (χ0) is 19.2. The van der Waals surface area contributed by atoms with E-state index in [4.69, 9.17) is 21.1 Å². The normalized spacial score (nSPS) is 20.5. The van der Waals surface area contributed by atoms with Crippen LogP contribution in [0.25, 0.3) is 0 Å². The van der Waals surface area contributed by atoms with Crippen molar-refractivity contribution >= 4 is 17.5 Å².